The molecule has 0 atom stereocenters. The fourth-order valence-electron chi connectivity index (χ4n) is 2.10. The summed E-state index contributed by atoms with van der Waals surface area (Å²) in [5.41, 5.74) is 8.32. The molecular weight excluding hydrogens is 312 g/mol. The first-order valence-electron chi connectivity index (χ1n) is 7.11. The topological polar surface area (TPSA) is 131 Å². The van der Waals surface area contributed by atoms with Crippen molar-refractivity contribution in [3.8, 4) is 11.1 Å². The van der Waals surface area contributed by atoms with Crippen molar-refractivity contribution in [1.82, 2.24) is 10.3 Å². The molecule has 0 saturated heterocycles. The van der Waals surface area contributed by atoms with Gasteiger partial charge in [-0.2, -0.15) is 0 Å². The normalized spacial score (nSPS) is 10.7. The van der Waals surface area contributed by atoms with Crippen LogP contribution >= 0.6 is 0 Å². The average molecular weight is 328 g/mol. The fourth-order valence-corrected chi connectivity index (χ4v) is 2.10. The number of non-ortho nitro benzene ring substituents is 1. The van der Waals surface area contributed by atoms with Gasteiger partial charge in [0, 0.05) is 36.1 Å². The lowest BCUT2D eigenvalue weighted by molar-refractivity contribution is -0.384. The second-order valence-electron chi connectivity index (χ2n) is 4.92. The van der Waals surface area contributed by atoms with E-state index in [1.54, 1.807) is 36.5 Å². The molecule has 124 valence electrons. The van der Waals surface area contributed by atoms with Crippen molar-refractivity contribution in [3.05, 3.63) is 58.4 Å². The molecule has 1 heterocycles. The van der Waals surface area contributed by atoms with Crippen LogP contribution < -0.4 is 11.1 Å². The SMILES string of the molecule is Nc1cc([N+](=O)[O-])ccc1-c1ccnc(C=CCCNC(=O)O)c1. The molecule has 0 unspecified atom stereocenters. The lowest BCUT2D eigenvalue weighted by Crippen LogP contribution is -2.21. The number of nitro benzene ring substituents is 1. The molecule has 0 fully saturated rings. The van der Waals surface area contributed by atoms with Gasteiger partial charge in [0.1, 0.15) is 0 Å². The van der Waals surface area contributed by atoms with Crippen LogP contribution in [0.2, 0.25) is 0 Å². The zero-order valence-electron chi connectivity index (χ0n) is 12.7. The average Bonchev–Trinajstić information content (AvgIpc) is 2.54. The Morgan fingerprint density at radius 2 is 2.17 bits per heavy atom. The van der Waals surface area contributed by atoms with Gasteiger partial charge >= 0.3 is 6.09 Å². The monoisotopic (exact) mass is 328 g/mol. The van der Waals surface area contributed by atoms with Crippen molar-refractivity contribution in [2.45, 2.75) is 6.42 Å². The number of amides is 1. The minimum atomic E-state index is -1.06. The van der Waals surface area contributed by atoms with Gasteiger partial charge in [0.05, 0.1) is 10.6 Å². The van der Waals surface area contributed by atoms with Crippen LogP contribution in [0.3, 0.4) is 0 Å². The summed E-state index contributed by atoms with van der Waals surface area (Å²) in [5.74, 6) is 0. The van der Waals surface area contributed by atoms with Crippen molar-refractivity contribution in [1.29, 1.82) is 0 Å². The molecule has 1 aromatic heterocycles. The fraction of sp³-hybridized carbons (Fsp3) is 0.125. The lowest BCUT2D eigenvalue weighted by atomic mass is 10.0. The van der Waals surface area contributed by atoms with E-state index in [9.17, 15) is 14.9 Å². The number of carbonyl (C=O) groups is 1. The van der Waals surface area contributed by atoms with E-state index in [1.165, 1.54) is 12.1 Å². The Kier molecular flexibility index (Phi) is 5.45. The molecule has 2 aromatic rings. The number of benzene rings is 1. The highest BCUT2D eigenvalue weighted by atomic mass is 16.6. The van der Waals surface area contributed by atoms with E-state index in [-0.39, 0.29) is 5.69 Å². The van der Waals surface area contributed by atoms with Crippen LogP contribution in [0.5, 0.6) is 0 Å². The quantitative estimate of drug-likeness (QED) is 0.323. The zero-order chi connectivity index (χ0) is 17.5. The van der Waals surface area contributed by atoms with Crippen LogP contribution in [-0.4, -0.2) is 27.7 Å². The van der Waals surface area contributed by atoms with Gasteiger partial charge in [-0.05, 0) is 36.3 Å². The number of hydrogen-bond donors (Lipinski definition) is 3. The smallest absolute Gasteiger partial charge is 0.404 e. The summed E-state index contributed by atoms with van der Waals surface area (Å²) >= 11 is 0. The van der Waals surface area contributed by atoms with Crippen LogP contribution in [0.15, 0.2) is 42.6 Å². The first-order valence-corrected chi connectivity index (χ1v) is 7.11. The second-order valence-corrected chi connectivity index (χ2v) is 4.92. The minimum Gasteiger partial charge on any atom is -0.465 e. The number of nitrogens with one attached hydrogen (secondary N) is 1. The predicted octanol–water partition coefficient (Wildman–Crippen LogP) is 2.91. The van der Waals surface area contributed by atoms with Gasteiger partial charge in [0.15, 0.2) is 0 Å². The van der Waals surface area contributed by atoms with Crippen molar-refractivity contribution in [3.63, 3.8) is 0 Å². The van der Waals surface area contributed by atoms with Crippen LogP contribution in [0, 0.1) is 10.1 Å². The molecule has 8 nitrogen and oxygen atoms in total. The van der Waals surface area contributed by atoms with E-state index < -0.39 is 11.0 Å². The molecule has 0 radical (unpaired) electrons. The first kappa shape index (κ1) is 16.9. The Balaban J connectivity index is 2.14. The third-order valence-corrected chi connectivity index (χ3v) is 3.21. The molecule has 0 aliphatic rings. The van der Waals surface area contributed by atoms with Crippen LogP contribution in [0.1, 0.15) is 12.1 Å². The molecule has 0 saturated carbocycles. The maximum atomic E-state index is 10.8. The summed E-state index contributed by atoms with van der Waals surface area (Å²) in [5, 5.41) is 21.5. The van der Waals surface area contributed by atoms with E-state index in [1.807, 2.05) is 0 Å². The number of nitro groups is 1. The van der Waals surface area contributed by atoms with Crippen LogP contribution in [0.4, 0.5) is 16.2 Å². The van der Waals surface area contributed by atoms with Gasteiger partial charge in [-0.15, -0.1) is 0 Å². The number of nitrogens with zero attached hydrogens (tertiary/aromatic N) is 2. The van der Waals surface area contributed by atoms with E-state index in [0.717, 1.165) is 5.56 Å². The molecule has 8 heteroatoms. The predicted molar refractivity (Wildman–Crippen MR) is 90.4 cm³/mol. The maximum Gasteiger partial charge on any atom is 0.404 e. The van der Waals surface area contributed by atoms with Gasteiger partial charge in [-0.3, -0.25) is 15.1 Å². The standard InChI is InChI=1S/C16H16N4O4/c17-15-10-13(20(23)24)4-5-14(15)11-6-8-18-12(9-11)3-1-2-7-19-16(21)22/h1,3-6,8-10,19H,2,7,17H2,(H,21,22). The number of aromatic nitrogens is 1. The van der Waals surface area contributed by atoms with Crippen LogP contribution in [0.25, 0.3) is 17.2 Å². The van der Waals surface area contributed by atoms with Crippen molar-refractivity contribution in [2.24, 2.45) is 0 Å². The molecule has 4 N–H and O–H groups in total. The number of rotatable bonds is 6. The first-order chi connectivity index (χ1) is 11.5. The highest BCUT2D eigenvalue weighted by Gasteiger charge is 2.10. The molecular formula is C16H16N4O4. The molecule has 0 spiro atoms. The minimum absolute atomic E-state index is 0.0589. The third kappa shape index (κ3) is 4.54. The van der Waals surface area contributed by atoms with Crippen molar-refractivity contribution >= 4 is 23.5 Å². The highest BCUT2D eigenvalue weighted by Crippen LogP contribution is 2.29. The molecule has 0 aliphatic carbocycles. The number of hydrogen-bond acceptors (Lipinski definition) is 5. The third-order valence-electron chi connectivity index (χ3n) is 3.21. The Bertz CT molecular complexity index is 789. The highest BCUT2D eigenvalue weighted by molar-refractivity contribution is 5.78. The Morgan fingerprint density at radius 1 is 1.38 bits per heavy atom. The number of nitrogens with two attached hydrogens (primary N) is 1. The summed E-state index contributed by atoms with van der Waals surface area (Å²) < 4.78 is 0. The van der Waals surface area contributed by atoms with Gasteiger partial charge < -0.3 is 16.2 Å². The van der Waals surface area contributed by atoms with Gasteiger partial charge in [0.25, 0.3) is 5.69 Å². The van der Waals surface area contributed by atoms with Crippen molar-refractivity contribution < 1.29 is 14.8 Å². The molecule has 1 amide bonds. The van der Waals surface area contributed by atoms with Crippen molar-refractivity contribution in [2.75, 3.05) is 12.3 Å². The second kappa shape index (κ2) is 7.73. The number of nitrogen functional groups attached to an aromatic ring is 1. The Morgan fingerprint density at radius 3 is 2.83 bits per heavy atom. The summed E-state index contributed by atoms with van der Waals surface area (Å²) in [6.45, 7) is 0.320. The molecule has 1 aromatic carbocycles. The molecule has 24 heavy (non-hydrogen) atoms. The number of carboxylic acid groups (broad SMARTS) is 1. The Hall–Kier alpha value is -3.42. The summed E-state index contributed by atoms with van der Waals surface area (Å²) in [7, 11) is 0. The summed E-state index contributed by atoms with van der Waals surface area (Å²) in [6, 6.07) is 7.90. The van der Waals surface area contributed by atoms with E-state index in [4.69, 9.17) is 10.8 Å². The largest absolute Gasteiger partial charge is 0.465 e. The van der Waals surface area contributed by atoms with Gasteiger partial charge in [-0.1, -0.05) is 6.08 Å². The molecule has 0 bridgehead atoms. The van der Waals surface area contributed by atoms with E-state index in [2.05, 4.69) is 10.3 Å². The van der Waals surface area contributed by atoms with Crippen LogP contribution in [-0.2, 0) is 0 Å². The molecule has 0 aliphatic heterocycles. The number of pyridine rings is 1. The van der Waals surface area contributed by atoms with E-state index in [0.29, 0.717) is 29.9 Å². The Labute approximate surface area is 137 Å². The molecule has 2 rings (SSSR count). The van der Waals surface area contributed by atoms with Gasteiger partial charge in [0.2, 0.25) is 0 Å². The van der Waals surface area contributed by atoms with Gasteiger partial charge in [-0.25, -0.2) is 4.79 Å². The summed E-state index contributed by atoms with van der Waals surface area (Å²) in [6.07, 6.45) is 4.68. The lowest BCUT2D eigenvalue weighted by Gasteiger charge is -2.06. The summed E-state index contributed by atoms with van der Waals surface area (Å²) in [4.78, 5) is 24.8. The number of anilines is 1. The van der Waals surface area contributed by atoms with E-state index >= 15 is 0 Å². The zero-order valence-corrected chi connectivity index (χ0v) is 12.7. The maximum absolute atomic E-state index is 10.8.